The van der Waals surface area contributed by atoms with E-state index in [2.05, 4.69) is 10.4 Å². The molecule has 1 aromatic carbocycles. The van der Waals surface area contributed by atoms with Crippen molar-refractivity contribution in [2.45, 2.75) is 0 Å². The SMILES string of the molecule is COc1ccc(C(=O)Nc2cnn(C)c2)cc1[N+](=O)[O-]. The minimum absolute atomic E-state index is 0.105. The molecule has 2 aromatic rings. The molecule has 0 saturated carbocycles. The Labute approximate surface area is 114 Å². The first kappa shape index (κ1) is 13.5. The number of carbonyl (C=O) groups is 1. The highest BCUT2D eigenvalue weighted by Crippen LogP contribution is 2.27. The van der Waals surface area contributed by atoms with Gasteiger partial charge in [0, 0.05) is 24.9 Å². The van der Waals surface area contributed by atoms with Crippen LogP contribution < -0.4 is 10.1 Å². The van der Waals surface area contributed by atoms with E-state index < -0.39 is 10.8 Å². The van der Waals surface area contributed by atoms with E-state index in [1.54, 1.807) is 13.2 Å². The number of hydrogen-bond acceptors (Lipinski definition) is 5. The van der Waals surface area contributed by atoms with Crippen LogP contribution >= 0.6 is 0 Å². The molecule has 0 aliphatic carbocycles. The van der Waals surface area contributed by atoms with Gasteiger partial charge in [-0.05, 0) is 12.1 Å². The first-order chi connectivity index (χ1) is 9.51. The third-order valence-electron chi connectivity index (χ3n) is 2.60. The molecule has 1 heterocycles. The molecule has 0 bridgehead atoms. The number of aryl methyl sites for hydroxylation is 1. The summed E-state index contributed by atoms with van der Waals surface area (Å²) in [5, 5.41) is 17.4. The van der Waals surface area contributed by atoms with Crippen LogP contribution in [0.3, 0.4) is 0 Å². The van der Waals surface area contributed by atoms with Gasteiger partial charge < -0.3 is 10.1 Å². The quantitative estimate of drug-likeness (QED) is 0.675. The summed E-state index contributed by atoms with van der Waals surface area (Å²) in [7, 11) is 3.05. The predicted octanol–water partition coefficient (Wildman–Crippen LogP) is 1.59. The zero-order valence-corrected chi connectivity index (χ0v) is 10.9. The summed E-state index contributed by atoms with van der Waals surface area (Å²) in [6, 6.07) is 4.01. The van der Waals surface area contributed by atoms with Crippen LogP contribution in [-0.2, 0) is 7.05 Å². The van der Waals surface area contributed by atoms with E-state index in [1.807, 2.05) is 0 Å². The number of amides is 1. The Bertz CT molecular complexity index is 665. The summed E-state index contributed by atoms with van der Waals surface area (Å²) in [5.74, 6) is -0.350. The molecule has 0 spiro atoms. The number of hydrogen-bond donors (Lipinski definition) is 1. The van der Waals surface area contributed by atoms with Gasteiger partial charge in [0.25, 0.3) is 5.91 Å². The molecule has 8 heteroatoms. The molecular formula is C12H12N4O4. The van der Waals surface area contributed by atoms with E-state index in [9.17, 15) is 14.9 Å². The fourth-order valence-corrected chi connectivity index (χ4v) is 1.66. The summed E-state index contributed by atoms with van der Waals surface area (Å²) in [5.41, 5.74) is 0.420. The number of nitro benzene ring substituents is 1. The van der Waals surface area contributed by atoms with Crippen molar-refractivity contribution in [1.82, 2.24) is 9.78 Å². The molecule has 0 fully saturated rings. The molecule has 1 amide bonds. The van der Waals surface area contributed by atoms with Crippen LogP contribution in [0, 0.1) is 10.1 Å². The van der Waals surface area contributed by atoms with Crippen molar-refractivity contribution < 1.29 is 14.5 Å². The number of aromatic nitrogens is 2. The lowest BCUT2D eigenvalue weighted by Crippen LogP contribution is -2.12. The third kappa shape index (κ3) is 2.74. The zero-order chi connectivity index (χ0) is 14.7. The van der Waals surface area contributed by atoms with Crippen molar-refractivity contribution in [2.75, 3.05) is 12.4 Å². The highest BCUT2D eigenvalue weighted by atomic mass is 16.6. The smallest absolute Gasteiger partial charge is 0.311 e. The molecule has 1 aromatic heterocycles. The average molecular weight is 276 g/mol. The lowest BCUT2D eigenvalue weighted by atomic mass is 10.1. The van der Waals surface area contributed by atoms with Crippen LogP contribution in [0.25, 0.3) is 0 Å². The Morgan fingerprint density at radius 3 is 2.80 bits per heavy atom. The van der Waals surface area contributed by atoms with E-state index in [4.69, 9.17) is 4.74 Å². The Hall–Kier alpha value is -2.90. The molecule has 0 saturated heterocycles. The van der Waals surface area contributed by atoms with Gasteiger partial charge in [-0.3, -0.25) is 19.6 Å². The van der Waals surface area contributed by atoms with Crippen molar-refractivity contribution in [3.63, 3.8) is 0 Å². The number of anilines is 1. The first-order valence-electron chi connectivity index (χ1n) is 5.63. The van der Waals surface area contributed by atoms with Crippen molar-refractivity contribution in [3.8, 4) is 5.75 Å². The summed E-state index contributed by atoms with van der Waals surface area (Å²) < 4.78 is 6.41. The zero-order valence-electron chi connectivity index (χ0n) is 10.9. The maximum Gasteiger partial charge on any atom is 0.311 e. The molecule has 0 aliphatic heterocycles. The number of benzene rings is 1. The van der Waals surface area contributed by atoms with Crippen LogP contribution in [0.15, 0.2) is 30.6 Å². The number of rotatable bonds is 4. The van der Waals surface area contributed by atoms with E-state index in [0.717, 1.165) is 0 Å². The van der Waals surface area contributed by atoms with Gasteiger partial charge in [0.2, 0.25) is 0 Å². The predicted molar refractivity (Wildman–Crippen MR) is 70.8 cm³/mol. The van der Waals surface area contributed by atoms with Gasteiger partial charge in [-0.1, -0.05) is 0 Å². The van der Waals surface area contributed by atoms with Gasteiger partial charge in [-0.2, -0.15) is 5.10 Å². The highest BCUT2D eigenvalue weighted by Gasteiger charge is 2.18. The molecule has 0 radical (unpaired) electrons. The van der Waals surface area contributed by atoms with E-state index in [-0.39, 0.29) is 17.0 Å². The van der Waals surface area contributed by atoms with Gasteiger partial charge >= 0.3 is 5.69 Å². The maximum atomic E-state index is 12.0. The number of carbonyl (C=O) groups excluding carboxylic acids is 1. The lowest BCUT2D eigenvalue weighted by Gasteiger charge is -2.05. The summed E-state index contributed by atoms with van der Waals surface area (Å²) in [6.07, 6.45) is 3.10. The molecule has 0 unspecified atom stereocenters. The first-order valence-corrected chi connectivity index (χ1v) is 5.63. The van der Waals surface area contributed by atoms with E-state index in [1.165, 1.54) is 36.2 Å². The lowest BCUT2D eigenvalue weighted by molar-refractivity contribution is -0.385. The number of ether oxygens (including phenoxy) is 1. The standard InChI is InChI=1S/C12H12N4O4/c1-15-7-9(6-13-15)14-12(17)8-3-4-11(20-2)10(5-8)16(18)19/h3-7H,1-2H3,(H,14,17). The number of nitrogens with one attached hydrogen (secondary N) is 1. The van der Waals surface area contributed by atoms with Crippen LogP contribution in [-0.4, -0.2) is 27.7 Å². The topological polar surface area (TPSA) is 99.3 Å². The largest absolute Gasteiger partial charge is 0.490 e. The Morgan fingerprint density at radius 2 is 2.25 bits per heavy atom. The van der Waals surface area contributed by atoms with Crippen LogP contribution in [0.5, 0.6) is 5.75 Å². The highest BCUT2D eigenvalue weighted by molar-refractivity contribution is 6.04. The minimum Gasteiger partial charge on any atom is -0.490 e. The Kier molecular flexibility index (Phi) is 3.65. The minimum atomic E-state index is -0.598. The summed E-state index contributed by atoms with van der Waals surface area (Å²) >= 11 is 0. The van der Waals surface area contributed by atoms with Gasteiger partial charge in [0.1, 0.15) is 0 Å². The number of nitro groups is 1. The van der Waals surface area contributed by atoms with Crippen molar-refractivity contribution in [1.29, 1.82) is 0 Å². The van der Waals surface area contributed by atoms with Crippen molar-refractivity contribution in [2.24, 2.45) is 7.05 Å². The van der Waals surface area contributed by atoms with E-state index >= 15 is 0 Å². The average Bonchev–Trinajstić information content (AvgIpc) is 2.83. The third-order valence-corrected chi connectivity index (χ3v) is 2.60. The molecule has 1 N–H and O–H groups in total. The fourth-order valence-electron chi connectivity index (χ4n) is 1.66. The number of nitrogens with zero attached hydrogens (tertiary/aromatic N) is 3. The van der Waals surface area contributed by atoms with Gasteiger partial charge in [0.15, 0.2) is 5.75 Å². The Balaban J connectivity index is 2.26. The summed E-state index contributed by atoms with van der Waals surface area (Å²) in [6.45, 7) is 0. The monoisotopic (exact) mass is 276 g/mol. The Morgan fingerprint density at radius 1 is 1.50 bits per heavy atom. The molecule has 2 rings (SSSR count). The normalized spacial score (nSPS) is 10.1. The van der Waals surface area contributed by atoms with Crippen molar-refractivity contribution in [3.05, 3.63) is 46.3 Å². The van der Waals surface area contributed by atoms with E-state index in [0.29, 0.717) is 5.69 Å². The second kappa shape index (κ2) is 5.39. The number of methoxy groups -OCH3 is 1. The molecular weight excluding hydrogens is 264 g/mol. The second-order valence-corrected chi connectivity index (χ2v) is 4.00. The van der Waals surface area contributed by atoms with Crippen LogP contribution in [0.4, 0.5) is 11.4 Å². The molecule has 8 nitrogen and oxygen atoms in total. The van der Waals surface area contributed by atoms with Crippen molar-refractivity contribution >= 4 is 17.3 Å². The van der Waals surface area contributed by atoms with Gasteiger partial charge in [-0.15, -0.1) is 0 Å². The molecule has 0 atom stereocenters. The molecule has 104 valence electrons. The van der Waals surface area contributed by atoms with Gasteiger partial charge in [-0.25, -0.2) is 0 Å². The molecule has 0 aliphatic rings. The summed E-state index contributed by atoms with van der Waals surface area (Å²) in [4.78, 5) is 22.3. The molecule has 20 heavy (non-hydrogen) atoms. The maximum absolute atomic E-state index is 12.0. The van der Waals surface area contributed by atoms with Crippen LogP contribution in [0.2, 0.25) is 0 Å². The van der Waals surface area contributed by atoms with Crippen LogP contribution in [0.1, 0.15) is 10.4 Å². The second-order valence-electron chi connectivity index (χ2n) is 4.00. The fraction of sp³-hybridized carbons (Fsp3) is 0.167. The van der Waals surface area contributed by atoms with Gasteiger partial charge in [0.05, 0.1) is 23.9 Å².